The maximum absolute atomic E-state index is 12.3. The Morgan fingerprint density at radius 2 is 1.75 bits per heavy atom. The largest absolute Gasteiger partial charge is 0.496 e. The number of nitrogens with zero attached hydrogens (tertiary/aromatic N) is 3. The summed E-state index contributed by atoms with van der Waals surface area (Å²) in [6.07, 6.45) is 4.59. The predicted octanol–water partition coefficient (Wildman–Crippen LogP) is 2.77. The van der Waals surface area contributed by atoms with Crippen molar-refractivity contribution in [2.75, 3.05) is 0 Å². The van der Waals surface area contributed by atoms with Gasteiger partial charge in [-0.25, -0.2) is 9.50 Å². The molecule has 4 rings (SSSR count). The van der Waals surface area contributed by atoms with Gasteiger partial charge in [-0.15, -0.1) is 0 Å². The quantitative estimate of drug-likeness (QED) is 0.402. The molecule has 9 heteroatoms. The molecule has 0 aromatic carbocycles. The van der Waals surface area contributed by atoms with Crippen molar-refractivity contribution in [2.45, 2.75) is 78.9 Å². The molecule has 0 saturated carbocycles. The van der Waals surface area contributed by atoms with E-state index < -0.39 is 30.3 Å². The highest BCUT2D eigenvalue weighted by molar-refractivity contribution is 6.62. The van der Waals surface area contributed by atoms with Gasteiger partial charge in [-0.3, -0.25) is 9.59 Å². The molecule has 8 nitrogen and oxygen atoms in total. The number of rotatable bonds is 2. The number of carbonyl (C=O) groups excluding carboxylic acids is 2. The third-order valence-corrected chi connectivity index (χ3v) is 7.65. The summed E-state index contributed by atoms with van der Waals surface area (Å²) in [7, 11) is -0.578. The van der Waals surface area contributed by atoms with Gasteiger partial charge in [0.1, 0.15) is 6.33 Å². The van der Waals surface area contributed by atoms with Crippen LogP contribution in [0.5, 0.6) is 0 Å². The van der Waals surface area contributed by atoms with Crippen LogP contribution in [0.3, 0.4) is 0 Å². The summed E-state index contributed by atoms with van der Waals surface area (Å²) >= 11 is 0. The van der Waals surface area contributed by atoms with Crippen LogP contribution in [0.2, 0.25) is 0 Å². The first-order chi connectivity index (χ1) is 14.9. The average Bonchev–Trinajstić information content (AvgIpc) is 3.25. The minimum absolute atomic E-state index is 0.00699. The zero-order valence-corrected chi connectivity index (χ0v) is 20.0. The standard InChI is InChI=1S/C23H32BN3O5/c1-13-8-17(14(2)10-20(29)30-19(28)9-13)23(7)22(5,6)31-24(32-23)18-11-27-21(25-12-26-27)16(4)15(18)3/h11-14,17H,8-10H2,1-7H3. The number of ether oxygens (including phenoxy) is 1. The van der Waals surface area contributed by atoms with E-state index in [-0.39, 0.29) is 30.6 Å². The summed E-state index contributed by atoms with van der Waals surface area (Å²) in [5.74, 6) is -0.905. The van der Waals surface area contributed by atoms with Crippen LogP contribution in [-0.4, -0.2) is 44.9 Å². The number of hydrogen-bond donors (Lipinski definition) is 0. The van der Waals surface area contributed by atoms with Crippen LogP contribution in [0.1, 0.15) is 65.0 Å². The van der Waals surface area contributed by atoms with E-state index in [1.165, 1.54) is 6.33 Å². The van der Waals surface area contributed by atoms with Crippen LogP contribution in [0.25, 0.3) is 5.65 Å². The number of cyclic esters (lactones) is 2. The van der Waals surface area contributed by atoms with Gasteiger partial charge in [0.05, 0.1) is 11.2 Å². The zero-order valence-electron chi connectivity index (χ0n) is 20.0. The van der Waals surface area contributed by atoms with Gasteiger partial charge in [0, 0.05) is 24.5 Å². The van der Waals surface area contributed by atoms with E-state index >= 15 is 0 Å². The molecule has 2 fully saturated rings. The molecule has 0 aliphatic carbocycles. The molecule has 172 valence electrons. The second-order valence-electron chi connectivity index (χ2n) is 10.2. The molecule has 2 aromatic rings. The van der Waals surface area contributed by atoms with Gasteiger partial charge in [0.2, 0.25) is 0 Å². The Morgan fingerprint density at radius 1 is 1.06 bits per heavy atom. The topological polar surface area (TPSA) is 92.0 Å². The van der Waals surface area contributed by atoms with Gasteiger partial charge in [-0.1, -0.05) is 13.8 Å². The van der Waals surface area contributed by atoms with Crippen molar-refractivity contribution in [3.63, 3.8) is 0 Å². The van der Waals surface area contributed by atoms with Crippen molar-refractivity contribution >= 4 is 30.2 Å². The summed E-state index contributed by atoms with van der Waals surface area (Å²) < 4.78 is 20.0. The Hall–Kier alpha value is -2.26. The van der Waals surface area contributed by atoms with Gasteiger partial charge < -0.3 is 14.0 Å². The molecule has 4 unspecified atom stereocenters. The van der Waals surface area contributed by atoms with Crippen molar-refractivity contribution in [3.8, 4) is 0 Å². The van der Waals surface area contributed by atoms with Crippen LogP contribution in [0, 0.1) is 31.6 Å². The first-order valence-electron chi connectivity index (χ1n) is 11.3. The first-order valence-corrected chi connectivity index (χ1v) is 11.3. The molecule has 4 atom stereocenters. The highest BCUT2D eigenvalue weighted by atomic mass is 16.7. The molecule has 0 N–H and O–H groups in total. The Morgan fingerprint density at radius 3 is 2.47 bits per heavy atom. The summed E-state index contributed by atoms with van der Waals surface area (Å²) in [6.45, 7) is 14.3. The number of aryl methyl sites for hydroxylation is 1. The Labute approximate surface area is 189 Å². The van der Waals surface area contributed by atoms with Gasteiger partial charge in [-0.2, -0.15) is 5.10 Å². The first kappa shape index (κ1) is 22.9. The second kappa shape index (κ2) is 7.95. The molecule has 0 spiro atoms. The van der Waals surface area contributed by atoms with Crippen molar-refractivity contribution < 1.29 is 23.6 Å². The van der Waals surface area contributed by atoms with Crippen LogP contribution in [-0.2, 0) is 23.6 Å². The molecule has 2 aliphatic heterocycles. The smallest absolute Gasteiger partial charge is 0.399 e. The highest BCUT2D eigenvalue weighted by Crippen LogP contribution is 2.48. The van der Waals surface area contributed by atoms with E-state index in [4.69, 9.17) is 14.0 Å². The van der Waals surface area contributed by atoms with E-state index in [1.807, 2.05) is 47.7 Å². The van der Waals surface area contributed by atoms with Crippen molar-refractivity contribution in [3.05, 3.63) is 23.7 Å². The van der Waals surface area contributed by atoms with E-state index in [2.05, 4.69) is 17.0 Å². The lowest BCUT2D eigenvalue weighted by molar-refractivity contribution is -0.160. The molecule has 4 heterocycles. The van der Waals surface area contributed by atoms with Crippen LogP contribution in [0.15, 0.2) is 12.5 Å². The molecule has 0 bridgehead atoms. The molecule has 2 aromatic heterocycles. The Bertz CT molecular complexity index is 1070. The number of pyridine rings is 1. The lowest BCUT2D eigenvalue weighted by Gasteiger charge is -2.46. The van der Waals surface area contributed by atoms with Gasteiger partial charge >= 0.3 is 19.1 Å². The Balaban J connectivity index is 1.72. The van der Waals surface area contributed by atoms with E-state index in [0.29, 0.717) is 0 Å². The number of fused-ring (bicyclic) bond motifs is 1. The van der Waals surface area contributed by atoms with Crippen molar-refractivity contribution in [2.24, 2.45) is 17.8 Å². The van der Waals surface area contributed by atoms with E-state index in [9.17, 15) is 9.59 Å². The molecular weight excluding hydrogens is 409 g/mol. The predicted molar refractivity (Wildman–Crippen MR) is 119 cm³/mol. The lowest BCUT2D eigenvalue weighted by atomic mass is 9.67. The number of hydrogen-bond acceptors (Lipinski definition) is 7. The van der Waals surface area contributed by atoms with Crippen LogP contribution >= 0.6 is 0 Å². The number of aromatic nitrogens is 3. The Kier molecular flexibility index (Phi) is 5.70. The molecule has 2 aliphatic rings. The summed E-state index contributed by atoms with van der Waals surface area (Å²) in [4.78, 5) is 28.6. The average molecular weight is 441 g/mol. The van der Waals surface area contributed by atoms with Gasteiger partial charge in [0.15, 0.2) is 5.65 Å². The molecule has 0 amide bonds. The second-order valence-corrected chi connectivity index (χ2v) is 10.2. The molecule has 0 radical (unpaired) electrons. The zero-order chi connectivity index (χ0) is 23.4. The molecule has 32 heavy (non-hydrogen) atoms. The summed E-state index contributed by atoms with van der Waals surface area (Å²) in [5.41, 5.74) is 2.50. The van der Waals surface area contributed by atoms with Crippen molar-refractivity contribution in [1.29, 1.82) is 0 Å². The summed E-state index contributed by atoms with van der Waals surface area (Å²) in [6, 6.07) is 0. The fourth-order valence-electron chi connectivity index (χ4n) is 5.31. The fourth-order valence-corrected chi connectivity index (χ4v) is 5.31. The highest BCUT2D eigenvalue weighted by Gasteiger charge is 2.59. The molecular formula is C23H32BN3O5. The lowest BCUT2D eigenvalue weighted by Crippen LogP contribution is -2.53. The third-order valence-electron chi connectivity index (χ3n) is 7.65. The monoisotopic (exact) mass is 441 g/mol. The van der Waals surface area contributed by atoms with Gasteiger partial charge in [-0.05, 0) is 69.9 Å². The maximum atomic E-state index is 12.3. The third kappa shape index (κ3) is 3.75. The number of carbonyl (C=O) groups is 2. The van der Waals surface area contributed by atoms with E-state index in [1.54, 1.807) is 4.52 Å². The fraction of sp³-hybridized carbons (Fsp3) is 0.652. The number of esters is 2. The minimum atomic E-state index is -0.684. The normalized spacial score (nSPS) is 31.3. The SMILES string of the molecule is Cc1c(B2OC(C)(C)C(C)(C3CC(C)CC(=O)OC(=O)CC3C)O2)cn2ncnc2c1C. The van der Waals surface area contributed by atoms with Crippen LogP contribution in [0.4, 0.5) is 0 Å². The minimum Gasteiger partial charge on any atom is -0.399 e. The van der Waals surface area contributed by atoms with E-state index in [0.717, 1.165) is 28.7 Å². The summed E-state index contributed by atoms with van der Waals surface area (Å²) in [5, 5.41) is 4.30. The van der Waals surface area contributed by atoms with Crippen LogP contribution < -0.4 is 5.46 Å². The maximum Gasteiger partial charge on any atom is 0.496 e. The van der Waals surface area contributed by atoms with Gasteiger partial charge in [0.25, 0.3) is 0 Å². The molecule has 2 saturated heterocycles. The van der Waals surface area contributed by atoms with Crippen molar-refractivity contribution in [1.82, 2.24) is 14.6 Å².